The van der Waals surface area contributed by atoms with Crippen molar-refractivity contribution in [2.45, 2.75) is 46.6 Å². The fourth-order valence-corrected chi connectivity index (χ4v) is 3.66. The lowest BCUT2D eigenvalue weighted by Crippen LogP contribution is -2.33. The van der Waals surface area contributed by atoms with Gasteiger partial charge in [0.15, 0.2) is 0 Å². The third-order valence-electron chi connectivity index (χ3n) is 5.24. The summed E-state index contributed by atoms with van der Waals surface area (Å²) in [7, 11) is 0. The van der Waals surface area contributed by atoms with E-state index in [9.17, 15) is 9.18 Å². The van der Waals surface area contributed by atoms with Crippen LogP contribution in [0.5, 0.6) is 5.75 Å². The molecular formula is C23H28FNO3. The summed E-state index contributed by atoms with van der Waals surface area (Å²) in [6.45, 7) is 8.83. The number of halogens is 1. The van der Waals surface area contributed by atoms with Crippen molar-refractivity contribution in [1.82, 2.24) is 0 Å². The first-order valence-corrected chi connectivity index (χ1v) is 9.69. The summed E-state index contributed by atoms with van der Waals surface area (Å²) in [5.41, 5.74) is 7.96. The van der Waals surface area contributed by atoms with E-state index in [1.807, 2.05) is 44.2 Å². The standard InChI is InChI=1S/C23H28FNO3/c1-14(2)13-27-17-7-5-15(6-8-17)18-11-16-9-10-23(3,4)21(28-22(25)26)19(16)12-20(18)24/h5-8,11-12,14,21H,9-10,13H2,1-4H3,(H2,25,26)/t21-/m0/s1. The molecule has 0 bridgehead atoms. The molecule has 4 nitrogen and oxygen atoms in total. The van der Waals surface area contributed by atoms with Crippen LogP contribution in [0, 0.1) is 17.2 Å². The van der Waals surface area contributed by atoms with E-state index >= 15 is 0 Å². The normalized spacial score (nSPS) is 17.9. The molecule has 2 N–H and O–H groups in total. The molecule has 0 fully saturated rings. The maximum absolute atomic E-state index is 15.0. The van der Waals surface area contributed by atoms with E-state index < -0.39 is 12.2 Å². The van der Waals surface area contributed by atoms with Gasteiger partial charge in [-0.1, -0.05) is 39.8 Å². The Morgan fingerprint density at radius 3 is 2.54 bits per heavy atom. The minimum absolute atomic E-state index is 0.300. The minimum Gasteiger partial charge on any atom is -0.493 e. The van der Waals surface area contributed by atoms with Gasteiger partial charge in [-0.15, -0.1) is 0 Å². The van der Waals surface area contributed by atoms with Crippen LogP contribution in [-0.2, 0) is 11.2 Å². The number of hydrogen-bond donors (Lipinski definition) is 1. The Morgan fingerprint density at radius 1 is 1.25 bits per heavy atom. The van der Waals surface area contributed by atoms with Crippen LogP contribution in [0.1, 0.15) is 51.3 Å². The van der Waals surface area contributed by atoms with Gasteiger partial charge in [-0.05, 0) is 59.7 Å². The summed E-state index contributed by atoms with van der Waals surface area (Å²) in [5, 5.41) is 0. The first kappa shape index (κ1) is 20.2. The van der Waals surface area contributed by atoms with Gasteiger partial charge >= 0.3 is 6.09 Å². The van der Waals surface area contributed by atoms with E-state index in [2.05, 4.69) is 13.8 Å². The number of hydrogen-bond acceptors (Lipinski definition) is 3. The van der Waals surface area contributed by atoms with Gasteiger partial charge < -0.3 is 15.2 Å². The second-order valence-corrected chi connectivity index (χ2v) is 8.57. The van der Waals surface area contributed by atoms with Crippen molar-refractivity contribution in [1.29, 1.82) is 0 Å². The maximum atomic E-state index is 15.0. The van der Waals surface area contributed by atoms with Gasteiger partial charge in [-0.2, -0.15) is 0 Å². The van der Waals surface area contributed by atoms with Gasteiger partial charge in [0.05, 0.1) is 6.61 Å². The van der Waals surface area contributed by atoms with Gasteiger partial charge in [-0.3, -0.25) is 0 Å². The highest BCUT2D eigenvalue weighted by atomic mass is 19.1. The van der Waals surface area contributed by atoms with E-state index in [0.29, 0.717) is 23.7 Å². The summed E-state index contributed by atoms with van der Waals surface area (Å²) in [4.78, 5) is 11.4. The van der Waals surface area contributed by atoms with E-state index in [1.54, 1.807) is 0 Å². The molecule has 2 aromatic rings. The van der Waals surface area contributed by atoms with Crippen molar-refractivity contribution >= 4 is 6.09 Å². The average molecular weight is 385 g/mol. The summed E-state index contributed by atoms with van der Waals surface area (Å²) >= 11 is 0. The van der Waals surface area contributed by atoms with Crippen LogP contribution in [0.4, 0.5) is 9.18 Å². The van der Waals surface area contributed by atoms with Crippen molar-refractivity contribution < 1.29 is 18.7 Å². The van der Waals surface area contributed by atoms with Crippen LogP contribution < -0.4 is 10.5 Å². The zero-order valence-electron chi connectivity index (χ0n) is 16.9. The topological polar surface area (TPSA) is 61.6 Å². The molecule has 0 unspecified atom stereocenters. The van der Waals surface area contributed by atoms with Crippen LogP contribution in [0.25, 0.3) is 11.1 Å². The molecule has 0 aromatic heterocycles. The molecule has 5 heteroatoms. The van der Waals surface area contributed by atoms with Crippen molar-refractivity contribution in [3.8, 4) is 16.9 Å². The smallest absolute Gasteiger partial charge is 0.405 e. The maximum Gasteiger partial charge on any atom is 0.405 e. The Labute approximate surface area is 165 Å². The Hall–Kier alpha value is -2.56. The number of ether oxygens (including phenoxy) is 2. The van der Waals surface area contributed by atoms with Crippen LogP contribution in [0.15, 0.2) is 36.4 Å². The molecule has 0 radical (unpaired) electrons. The zero-order valence-corrected chi connectivity index (χ0v) is 16.9. The molecule has 0 saturated carbocycles. The largest absolute Gasteiger partial charge is 0.493 e. The first-order chi connectivity index (χ1) is 13.2. The lowest BCUT2D eigenvalue weighted by molar-refractivity contribution is 0.0145. The summed E-state index contributed by atoms with van der Waals surface area (Å²) < 4.78 is 26.0. The molecular weight excluding hydrogens is 357 g/mol. The Balaban J connectivity index is 1.92. The van der Waals surface area contributed by atoms with Crippen molar-refractivity contribution in [3.63, 3.8) is 0 Å². The molecule has 1 aliphatic carbocycles. The highest BCUT2D eigenvalue weighted by Crippen LogP contribution is 2.47. The Bertz CT molecular complexity index is 859. The van der Waals surface area contributed by atoms with Crippen molar-refractivity contribution in [2.24, 2.45) is 17.1 Å². The third-order valence-corrected chi connectivity index (χ3v) is 5.24. The van der Waals surface area contributed by atoms with E-state index in [-0.39, 0.29) is 11.2 Å². The number of amides is 1. The van der Waals surface area contributed by atoms with Gasteiger partial charge in [0.2, 0.25) is 0 Å². The molecule has 0 saturated heterocycles. The quantitative estimate of drug-likeness (QED) is 0.725. The predicted octanol–water partition coefficient (Wildman–Crippen LogP) is 5.64. The van der Waals surface area contributed by atoms with Crippen LogP contribution in [-0.4, -0.2) is 12.7 Å². The lowest BCUT2D eigenvalue weighted by Gasteiger charge is -2.39. The molecule has 150 valence electrons. The van der Waals surface area contributed by atoms with Gasteiger partial charge in [-0.25, -0.2) is 9.18 Å². The summed E-state index contributed by atoms with van der Waals surface area (Å²) in [6, 6.07) is 10.8. The molecule has 3 rings (SSSR count). The van der Waals surface area contributed by atoms with Crippen molar-refractivity contribution in [3.05, 3.63) is 53.3 Å². The van der Waals surface area contributed by atoms with E-state index in [0.717, 1.165) is 29.7 Å². The SMILES string of the molecule is CC(C)COc1ccc(-c2cc3c(cc2F)[C@H](OC(N)=O)C(C)(C)CC3)cc1. The highest BCUT2D eigenvalue weighted by Gasteiger charge is 2.39. The summed E-state index contributed by atoms with van der Waals surface area (Å²) in [5.74, 6) is 0.871. The molecule has 0 heterocycles. The second kappa shape index (κ2) is 7.82. The number of primary amides is 1. The van der Waals surface area contributed by atoms with E-state index in [1.165, 1.54) is 6.07 Å². The van der Waals surface area contributed by atoms with Gasteiger partial charge in [0.1, 0.15) is 17.7 Å². The number of carbonyl (C=O) groups is 1. The molecule has 0 aliphatic heterocycles. The van der Waals surface area contributed by atoms with Gasteiger partial charge in [0.25, 0.3) is 0 Å². The average Bonchev–Trinajstić information content (AvgIpc) is 2.62. The highest BCUT2D eigenvalue weighted by molar-refractivity contribution is 5.68. The lowest BCUT2D eigenvalue weighted by atomic mass is 9.71. The molecule has 2 aromatic carbocycles. The van der Waals surface area contributed by atoms with Crippen LogP contribution in [0.3, 0.4) is 0 Å². The molecule has 1 aliphatic rings. The fourth-order valence-electron chi connectivity index (χ4n) is 3.66. The third kappa shape index (κ3) is 4.29. The molecule has 1 amide bonds. The predicted molar refractivity (Wildman–Crippen MR) is 108 cm³/mol. The number of carbonyl (C=O) groups excluding carboxylic acids is 1. The number of nitrogens with two attached hydrogens (primary N) is 1. The summed E-state index contributed by atoms with van der Waals surface area (Å²) in [6.07, 6.45) is 0.228. The zero-order chi connectivity index (χ0) is 20.5. The molecule has 28 heavy (non-hydrogen) atoms. The number of aryl methyl sites for hydroxylation is 1. The van der Waals surface area contributed by atoms with Crippen LogP contribution in [0.2, 0.25) is 0 Å². The minimum atomic E-state index is -0.840. The first-order valence-electron chi connectivity index (χ1n) is 9.69. The Kier molecular flexibility index (Phi) is 5.64. The second-order valence-electron chi connectivity index (χ2n) is 8.57. The number of benzene rings is 2. The fraction of sp³-hybridized carbons (Fsp3) is 0.435. The molecule has 0 spiro atoms. The Morgan fingerprint density at radius 2 is 1.93 bits per heavy atom. The van der Waals surface area contributed by atoms with Crippen LogP contribution >= 0.6 is 0 Å². The van der Waals surface area contributed by atoms with Gasteiger partial charge in [0, 0.05) is 11.0 Å². The van der Waals surface area contributed by atoms with E-state index in [4.69, 9.17) is 15.2 Å². The van der Waals surface area contributed by atoms with Crippen molar-refractivity contribution in [2.75, 3.05) is 6.61 Å². The number of rotatable bonds is 5. The number of fused-ring (bicyclic) bond motifs is 1. The monoisotopic (exact) mass is 385 g/mol. The molecule has 1 atom stereocenters.